The molecule has 0 saturated carbocycles. The average Bonchev–Trinajstić information content (AvgIpc) is 2.42. The highest BCUT2D eigenvalue weighted by molar-refractivity contribution is 6.04. The van der Waals surface area contributed by atoms with Crippen LogP contribution in [0.15, 0.2) is 53.5 Å². The zero-order valence-corrected chi connectivity index (χ0v) is 10.4. The number of nitrogens with zero attached hydrogens (tertiary/aromatic N) is 1. The molecule has 0 radical (unpaired) electrons. The van der Waals surface area contributed by atoms with Gasteiger partial charge < -0.3 is 5.32 Å². The van der Waals surface area contributed by atoms with Crippen molar-refractivity contribution in [2.45, 2.75) is 6.92 Å². The highest BCUT2D eigenvalue weighted by Crippen LogP contribution is 2.16. The Hall–Kier alpha value is -2.71. The minimum absolute atomic E-state index is 0.174. The van der Waals surface area contributed by atoms with Crippen molar-refractivity contribution >= 4 is 23.4 Å². The van der Waals surface area contributed by atoms with Crippen LogP contribution in [0.4, 0.5) is 11.4 Å². The first kappa shape index (κ1) is 12.7. The number of aliphatic imine (C=N–C) groups is 1. The van der Waals surface area contributed by atoms with Crippen LogP contribution in [0.25, 0.3) is 0 Å². The fraction of sp³-hybridized carbons (Fsp3) is 0.0667. The summed E-state index contributed by atoms with van der Waals surface area (Å²) >= 11 is 0. The maximum absolute atomic E-state index is 11.9. The van der Waals surface area contributed by atoms with Gasteiger partial charge in [0, 0.05) is 11.3 Å². The van der Waals surface area contributed by atoms with Crippen molar-refractivity contribution < 1.29 is 9.59 Å². The standard InChI is InChI=1S/C15H12N2O2/c1-11-2-4-12(5-3-11)15(19)17-14-8-6-13(7-9-14)16-10-18/h2-9H,1H3,(H,17,19). The highest BCUT2D eigenvalue weighted by atomic mass is 16.1. The van der Waals surface area contributed by atoms with Crippen molar-refractivity contribution in [1.29, 1.82) is 0 Å². The molecule has 2 rings (SSSR count). The summed E-state index contributed by atoms with van der Waals surface area (Å²) in [4.78, 5) is 25.5. The molecule has 94 valence electrons. The lowest BCUT2D eigenvalue weighted by Gasteiger charge is -2.05. The predicted octanol–water partition coefficient (Wildman–Crippen LogP) is 3.21. The molecule has 0 aliphatic heterocycles. The van der Waals surface area contributed by atoms with Crippen LogP contribution in [0.1, 0.15) is 15.9 Å². The van der Waals surface area contributed by atoms with Gasteiger partial charge in [0.15, 0.2) is 0 Å². The summed E-state index contributed by atoms with van der Waals surface area (Å²) in [5, 5.41) is 2.77. The molecule has 0 spiro atoms. The summed E-state index contributed by atoms with van der Waals surface area (Å²) in [5.74, 6) is -0.174. The van der Waals surface area contributed by atoms with E-state index in [0.717, 1.165) is 5.56 Å². The number of isocyanates is 1. The van der Waals surface area contributed by atoms with Gasteiger partial charge in [0.25, 0.3) is 5.91 Å². The average molecular weight is 252 g/mol. The number of hydrogen-bond donors (Lipinski definition) is 1. The molecule has 1 N–H and O–H groups in total. The van der Waals surface area contributed by atoms with E-state index in [1.54, 1.807) is 36.4 Å². The van der Waals surface area contributed by atoms with E-state index in [-0.39, 0.29) is 5.91 Å². The Kier molecular flexibility index (Phi) is 3.86. The topological polar surface area (TPSA) is 58.5 Å². The first-order valence-corrected chi connectivity index (χ1v) is 5.75. The number of hydrogen-bond acceptors (Lipinski definition) is 3. The van der Waals surface area contributed by atoms with Crippen LogP contribution in [0, 0.1) is 6.92 Å². The molecule has 19 heavy (non-hydrogen) atoms. The number of aryl methyl sites for hydroxylation is 1. The molecule has 4 nitrogen and oxygen atoms in total. The van der Waals surface area contributed by atoms with E-state index < -0.39 is 0 Å². The maximum atomic E-state index is 11.9. The van der Waals surface area contributed by atoms with Crippen LogP contribution in [-0.2, 0) is 4.79 Å². The van der Waals surface area contributed by atoms with Gasteiger partial charge in [-0.3, -0.25) is 4.79 Å². The molecule has 0 atom stereocenters. The van der Waals surface area contributed by atoms with E-state index in [1.165, 1.54) is 6.08 Å². The maximum Gasteiger partial charge on any atom is 0.255 e. The molecule has 0 fully saturated rings. The molecule has 0 heterocycles. The lowest BCUT2D eigenvalue weighted by atomic mass is 10.1. The van der Waals surface area contributed by atoms with Gasteiger partial charge in [-0.25, -0.2) is 4.79 Å². The molecule has 0 unspecified atom stereocenters. The summed E-state index contributed by atoms with van der Waals surface area (Å²) < 4.78 is 0. The normalized spacial score (nSPS) is 9.53. The van der Waals surface area contributed by atoms with Gasteiger partial charge >= 0.3 is 0 Å². The van der Waals surface area contributed by atoms with Crippen LogP contribution in [0.3, 0.4) is 0 Å². The lowest BCUT2D eigenvalue weighted by molar-refractivity contribution is 0.102. The Morgan fingerprint density at radius 2 is 1.68 bits per heavy atom. The van der Waals surface area contributed by atoms with E-state index in [4.69, 9.17) is 0 Å². The van der Waals surface area contributed by atoms with E-state index >= 15 is 0 Å². The molecule has 0 aliphatic rings. The second-order valence-electron chi connectivity index (χ2n) is 4.07. The van der Waals surface area contributed by atoms with Crippen molar-refractivity contribution in [2.24, 2.45) is 4.99 Å². The Labute approximate surface area is 110 Å². The predicted molar refractivity (Wildman–Crippen MR) is 73.4 cm³/mol. The number of anilines is 1. The summed E-state index contributed by atoms with van der Waals surface area (Å²) in [6.45, 7) is 1.97. The second kappa shape index (κ2) is 5.76. The Morgan fingerprint density at radius 1 is 1.05 bits per heavy atom. The molecular weight excluding hydrogens is 240 g/mol. The number of carbonyl (C=O) groups is 1. The monoisotopic (exact) mass is 252 g/mol. The van der Waals surface area contributed by atoms with Crippen molar-refractivity contribution in [1.82, 2.24) is 0 Å². The van der Waals surface area contributed by atoms with E-state index in [0.29, 0.717) is 16.9 Å². The van der Waals surface area contributed by atoms with Gasteiger partial charge in [0.2, 0.25) is 6.08 Å². The SMILES string of the molecule is Cc1ccc(C(=O)Nc2ccc(N=C=O)cc2)cc1. The summed E-state index contributed by atoms with van der Waals surface area (Å²) in [6.07, 6.45) is 1.46. The Morgan fingerprint density at radius 3 is 2.26 bits per heavy atom. The van der Waals surface area contributed by atoms with E-state index in [2.05, 4.69) is 10.3 Å². The highest BCUT2D eigenvalue weighted by Gasteiger charge is 2.05. The number of benzene rings is 2. The molecule has 0 bridgehead atoms. The fourth-order valence-electron chi connectivity index (χ4n) is 1.58. The Balaban J connectivity index is 2.10. The minimum atomic E-state index is -0.174. The van der Waals surface area contributed by atoms with Gasteiger partial charge in [-0.15, -0.1) is 0 Å². The quantitative estimate of drug-likeness (QED) is 0.673. The van der Waals surface area contributed by atoms with Crippen molar-refractivity contribution in [3.05, 3.63) is 59.7 Å². The minimum Gasteiger partial charge on any atom is -0.322 e. The van der Waals surface area contributed by atoms with Gasteiger partial charge in [0.05, 0.1) is 5.69 Å². The zero-order valence-electron chi connectivity index (χ0n) is 10.4. The van der Waals surface area contributed by atoms with Crippen molar-refractivity contribution in [2.75, 3.05) is 5.32 Å². The molecule has 0 saturated heterocycles. The lowest BCUT2D eigenvalue weighted by Crippen LogP contribution is -2.11. The third-order valence-corrected chi connectivity index (χ3v) is 2.61. The molecule has 1 amide bonds. The van der Waals surface area contributed by atoms with Crippen LogP contribution in [-0.4, -0.2) is 12.0 Å². The van der Waals surface area contributed by atoms with Gasteiger partial charge in [-0.2, -0.15) is 4.99 Å². The Bertz CT molecular complexity index is 624. The van der Waals surface area contributed by atoms with Crippen LogP contribution >= 0.6 is 0 Å². The number of rotatable bonds is 3. The summed E-state index contributed by atoms with van der Waals surface area (Å²) in [7, 11) is 0. The van der Waals surface area contributed by atoms with Gasteiger partial charge in [0.1, 0.15) is 0 Å². The van der Waals surface area contributed by atoms with Gasteiger partial charge in [-0.05, 0) is 43.3 Å². The fourth-order valence-corrected chi connectivity index (χ4v) is 1.58. The third kappa shape index (κ3) is 3.37. The first-order chi connectivity index (χ1) is 9.19. The zero-order chi connectivity index (χ0) is 13.7. The number of amides is 1. The second-order valence-corrected chi connectivity index (χ2v) is 4.07. The first-order valence-electron chi connectivity index (χ1n) is 5.75. The molecule has 4 heteroatoms. The molecule has 2 aromatic carbocycles. The molecule has 0 aliphatic carbocycles. The van der Waals surface area contributed by atoms with Crippen LogP contribution < -0.4 is 5.32 Å². The third-order valence-electron chi connectivity index (χ3n) is 2.61. The van der Waals surface area contributed by atoms with Crippen LogP contribution in [0.2, 0.25) is 0 Å². The van der Waals surface area contributed by atoms with E-state index in [9.17, 15) is 9.59 Å². The van der Waals surface area contributed by atoms with E-state index in [1.807, 2.05) is 19.1 Å². The van der Waals surface area contributed by atoms with Crippen molar-refractivity contribution in [3.8, 4) is 0 Å². The smallest absolute Gasteiger partial charge is 0.255 e. The molecule has 2 aromatic rings. The largest absolute Gasteiger partial charge is 0.322 e. The van der Waals surface area contributed by atoms with Gasteiger partial charge in [-0.1, -0.05) is 17.7 Å². The number of carbonyl (C=O) groups excluding carboxylic acids is 2. The summed E-state index contributed by atoms with van der Waals surface area (Å²) in [6, 6.07) is 14.0. The summed E-state index contributed by atoms with van der Waals surface area (Å²) in [5.41, 5.74) is 2.85. The molecular formula is C15H12N2O2. The molecule has 0 aromatic heterocycles. The van der Waals surface area contributed by atoms with Crippen LogP contribution in [0.5, 0.6) is 0 Å². The van der Waals surface area contributed by atoms with Crippen molar-refractivity contribution in [3.63, 3.8) is 0 Å². The number of nitrogens with one attached hydrogen (secondary N) is 1.